The highest BCUT2D eigenvalue weighted by Crippen LogP contribution is 2.23. The zero-order valence-corrected chi connectivity index (χ0v) is 10.2. The van der Waals surface area contributed by atoms with E-state index in [-0.39, 0.29) is 5.91 Å². The molecule has 0 bridgehead atoms. The second kappa shape index (κ2) is 4.51. The molecule has 2 fully saturated rings. The van der Waals surface area contributed by atoms with Crippen molar-refractivity contribution in [2.24, 2.45) is 0 Å². The van der Waals surface area contributed by atoms with Gasteiger partial charge in [0, 0.05) is 32.4 Å². The maximum Gasteiger partial charge on any atom is 0.265 e. The molecule has 0 aromatic carbocycles. The number of thioether (sulfide) groups is 1. The smallest absolute Gasteiger partial charge is 0.265 e. The maximum atomic E-state index is 11.4. The molecule has 2 aliphatic rings. The monoisotopic (exact) mass is 243 g/mol. The summed E-state index contributed by atoms with van der Waals surface area (Å²) in [5.41, 5.74) is 0. The van der Waals surface area contributed by atoms with Crippen molar-refractivity contribution in [3.05, 3.63) is 11.1 Å². The lowest BCUT2D eigenvalue weighted by atomic mass is 10.3. The molecule has 4 nitrogen and oxygen atoms in total. The molecule has 0 saturated carbocycles. The van der Waals surface area contributed by atoms with E-state index in [0.29, 0.717) is 9.23 Å². The Labute approximate surface area is 98.7 Å². The van der Waals surface area contributed by atoms with Gasteiger partial charge in [-0.1, -0.05) is 24.0 Å². The maximum absolute atomic E-state index is 11.4. The molecule has 1 N–H and O–H groups in total. The van der Waals surface area contributed by atoms with E-state index in [1.165, 1.54) is 11.8 Å². The standard InChI is InChI=1S/C9H13N3OS2/c1-11-2-4-12(5-3-11)6-7-8(13)10-9(14)15-7/h6H,2-5H2,1H3,(H,10,13,14). The van der Waals surface area contributed by atoms with Crippen LogP contribution in [-0.4, -0.2) is 53.3 Å². The van der Waals surface area contributed by atoms with Crippen LogP contribution in [0.15, 0.2) is 11.1 Å². The van der Waals surface area contributed by atoms with E-state index in [2.05, 4.69) is 22.2 Å². The first-order valence-electron chi connectivity index (χ1n) is 4.83. The average molecular weight is 243 g/mol. The Balaban J connectivity index is 1.98. The van der Waals surface area contributed by atoms with Crippen molar-refractivity contribution < 1.29 is 4.79 Å². The van der Waals surface area contributed by atoms with Crippen molar-refractivity contribution >= 4 is 34.2 Å². The third-order valence-corrected chi connectivity index (χ3v) is 3.63. The minimum absolute atomic E-state index is 0.0658. The largest absolute Gasteiger partial charge is 0.374 e. The lowest BCUT2D eigenvalue weighted by molar-refractivity contribution is -0.115. The highest BCUT2D eigenvalue weighted by molar-refractivity contribution is 8.26. The molecule has 0 aromatic rings. The summed E-state index contributed by atoms with van der Waals surface area (Å²) in [6.07, 6.45) is 1.92. The first-order valence-corrected chi connectivity index (χ1v) is 6.05. The topological polar surface area (TPSA) is 35.6 Å². The molecule has 0 radical (unpaired) electrons. The van der Waals surface area contributed by atoms with Crippen LogP contribution >= 0.6 is 24.0 Å². The van der Waals surface area contributed by atoms with Gasteiger partial charge in [-0.3, -0.25) is 4.79 Å². The molecule has 2 heterocycles. The molecule has 0 spiro atoms. The van der Waals surface area contributed by atoms with Crippen molar-refractivity contribution in [1.29, 1.82) is 0 Å². The van der Waals surface area contributed by atoms with Gasteiger partial charge < -0.3 is 15.1 Å². The molecule has 2 aliphatic heterocycles. The van der Waals surface area contributed by atoms with E-state index in [1.807, 2.05) is 6.20 Å². The number of nitrogens with one attached hydrogen (secondary N) is 1. The van der Waals surface area contributed by atoms with Crippen LogP contribution in [0.25, 0.3) is 0 Å². The van der Waals surface area contributed by atoms with Gasteiger partial charge in [0.05, 0.1) is 4.91 Å². The summed E-state index contributed by atoms with van der Waals surface area (Å²) in [6, 6.07) is 0. The Kier molecular flexibility index (Phi) is 3.28. The number of likely N-dealkylation sites (N-methyl/N-ethyl adjacent to an activating group) is 1. The second-order valence-corrected chi connectivity index (χ2v) is 5.40. The van der Waals surface area contributed by atoms with Crippen molar-refractivity contribution in [2.45, 2.75) is 0 Å². The van der Waals surface area contributed by atoms with Crippen LogP contribution < -0.4 is 5.32 Å². The highest BCUT2D eigenvalue weighted by Gasteiger charge is 2.23. The fourth-order valence-electron chi connectivity index (χ4n) is 1.53. The van der Waals surface area contributed by atoms with Gasteiger partial charge in [0.1, 0.15) is 4.32 Å². The average Bonchev–Trinajstić information content (AvgIpc) is 2.49. The van der Waals surface area contributed by atoms with Crippen LogP contribution in [0.4, 0.5) is 0 Å². The first kappa shape index (κ1) is 10.9. The van der Waals surface area contributed by atoms with E-state index in [4.69, 9.17) is 12.2 Å². The van der Waals surface area contributed by atoms with Crippen LogP contribution in [0.1, 0.15) is 0 Å². The van der Waals surface area contributed by atoms with Crippen molar-refractivity contribution in [2.75, 3.05) is 33.2 Å². The molecule has 15 heavy (non-hydrogen) atoms. The van der Waals surface area contributed by atoms with Gasteiger partial charge >= 0.3 is 0 Å². The van der Waals surface area contributed by atoms with Gasteiger partial charge in [0.15, 0.2) is 0 Å². The highest BCUT2D eigenvalue weighted by atomic mass is 32.2. The Morgan fingerprint density at radius 2 is 2.07 bits per heavy atom. The third kappa shape index (κ3) is 2.70. The summed E-state index contributed by atoms with van der Waals surface area (Å²) in [4.78, 5) is 16.6. The third-order valence-electron chi connectivity index (χ3n) is 2.48. The van der Waals surface area contributed by atoms with E-state index in [9.17, 15) is 4.79 Å². The number of hydrogen-bond acceptors (Lipinski definition) is 5. The summed E-state index contributed by atoms with van der Waals surface area (Å²) in [6.45, 7) is 4.03. The van der Waals surface area contributed by atoms with E-state index in [1.54, 1.807) is 0 Å². The minimum atomic E-state index is -0.0658. The van der Waals surface area contributed by atoms with E-state index < -0.39 is 0 Å². The normalized spacial score (nSPS) is 26.2. The van der Waals surface area contributed by atoms with Gasteiger partial charge in [-0.05, 0) is 7.05 Å². The number of amides is 1. The summed E-state index contributed by atoms with van der Waals surface area (Å²) in [5, 5.41) is 2.62. The Morgan fingerprint density at radius 1 is 1.40 bits per heavy atom. The fraction of sp³-hybridized carbons (Fsp3) is 0.556. The van der Waals surface area contributed by atoms with Gasteiger partial charge in [-0.15, -0.1) is 0 Å². The number of carbonyl (C=O) groups is 1. The Hall–Kier alpha value is -0.590. The van der Waals surface area contributed by atoms with Crippen LogP contribution in [0.2, 0.25) is 0 Å². The summed E-state index contributed by atoms with van der Waals surface area (Å²) in [7, 11) is 2.11. The number of hydrogen-bond donors (Lipinski definition) is 1. The molecule has 0 aliphatic carbocycles. The number of thiocarbonyl (C=S) groups is 1. The number of rotatable bonds is 1. The lowest BCUT2D eigenvalue weighted by Gasteiger charge is -2.31. The zero-order chi connectivity index (χ0) is 10.8. The molecular formula is C9H13N3OS2. The molecule has 6 heteroatoms. The van der Waals surface area contributed by atoms with Crippen molar-refractivity contribution in [1.82, 2.24) is 15.1 Å². The Morgan fingerprint density at radius 3 is 2.60 bits per heavy atom. The number of carbonyl (C=O) groups excluding carboxylic acids is 1. The molecule has 0 atom stereocenters. The fourth-order valence-corrected chi connectivity index (χ4v) is 2.58. The quantitative estimate of drug-likeness (QED) is 0.527. The van der Waals surface area contributed by atoms with Gasteiger partial charge in [-0.2, -0.15) is 0 Å². The Bertz CT molecular complexity index is 321. The van der Waals surface area contributed by atoms with Crippen LogP contribution in [-0.2, 0) is 4.79 Å². The predicted octanol–water partition coefficient (Wildman–Crippen LogP) is 0.223. The number of piperazine rings is 1. The van der Waals surface area contributed by atoms with Crippen LogP contribution in [0.3, 0.4) is 0 Å². The molecule has 2 rings (SSSR count). The van der Waals surface area contributed by atoms with Gasteiger partial charge in [-0.25, -0.2) is 0 Å². The molecular weight excluding hydrogens is 230 g/mol. The van der Waals surface area contributed by atoms with Crippen molar-refractivity contribution in [3.63, 3.8) is 0 Å². The first-order chi connectivity index (χ1) is 7.15. The minimum Gasteiger partial charge on any atom is -0.374 e. The number of nitrogens with zero attached hydrogens (tertiary/aromatic N) is 2. The lowest BCUT2D eigenvalue weighted by Crippen LogP contribution is -2.42. The van der Waals surface area contributed by atoms with E-state index >= 15 is 0 Å². The summed E-state index contributed by atoms with van der Waals surface area (Å²) < 4.78 is 0.556. The van der Waals surface area contributed by atoms with Crippen LogP contribution in [0, 0.1) is 0 Å². The molecule has 82 valence electrons. The molecule has 0 unspecified atom stereocenters. The van der Waals surface area contributed by atoms with Gasteiger partial charge in [0.2, 0.25) is 0 Å². The second-order valence-electron chi connectivity index (χ2n) is 3.68. The van der Waals surface area contributed by atoms with Crippen LogP contribution in [0.5, 0.6) is 0 Å². The van der Waals surface area contributed by atoms with Crippen molar-refractivity contribution in [3.8, 4) is 0 Å². The summed E-state index contributed by atoms with van der Waals surface area (Å²) >= 11 is 6.27. The van der Waals surface area contributed by atoms with Gasteiger partial charge in [0.25, 0.3) is 5.91 Å². The SMILES string of the molecule is CN1CCN(C=C2SC(=S)NC2=O)CC1. The molecule has 2 saturated heterocycles. The zero-order valence-electron chi connectivity index (χ0n) is 8.52. The van der Waals surface area contributed by atoms with E-state index in [0.717, 1.165) is 26.2 Å². The molecule has 1 amide bonds. The summed E-state index contributed by atoms with van der Waals surface area (Å²) in [5.74, 6) is -0.0658. The molecule has 0 aromatic heterocycles. The predicted molar refractivity (Wildman–Crippen MR) is 65.5 cm³/mol.